The molecule has 5 nitrogen and oxygen atoms in total. The average Bonchev–Trinajstić information content (AvgIpc) is 2.88. The highest BCUT2D eigenvalue weighted by Crippen LogP contribution is 2.32. The summed E-state index contributed by atoms with van der Waals surface area (Å²) in [7, 11) is 0. The predicted octanol–water partition coefficient (Wildman–Crippen LogP) is 7.00. The van der Waals surface area contributed by atoms with Crippen LogP contribution in [0.2, 0.25) is 0 Å². The van der Waals surface area contributed by atoms with Gasteiger partial charge in [-0.3, -0.25) is 9.71 Å². The first kappa shape index (κ1) is 24.5. The molecule has 9 heteroatoms. The highest BCUT2D eigenvalue weighted by atomic mass is 32.2. The normalized spacial score (nSPS) is 12.6. The van der Waals surface area contributed by atoms with Gasteiger partial charge in [-0.05, 0) is 79.2 Å². The van der Waals surface area contributed by atoms with Crippen LogP contribution in [0, 0.1) is 6.92 Å². The average molecular weight is 497 g/mol. The molecule has 0 radical (unpaired) electrons. The summed E-state index contributed by atoms with van der Waals surface area (Å²) in [5.74, 6) is 1.61. The molecule has 0 saturated carbocycles. The third kappa shape index (κ3) is 6.95. The number of nitrogens with one attached hydrogen (secondary N) is 1. The maximum Gasteiger partial charge on any atom is 0.416 e. The molecule has 5 rings (SSSR count). The number of fused-ring (bicyclic) bond motifs is 1. The van der Waals surface area contributed by atoms with Gasteiger partial charge in [-0.25, -0.2) is 9.97 Å². The Bertz CT molecular complexity index is 1250. The molecule has 1 N–H and O–H groups in total. The minimum Gasteiger partial charge on any atom is -0.493 e. The third-order valence-electron chi connectivity index (χ3n) is 5.15. The van der Waals surface area contributed by atoms with Gasteiger partial charge in [-0.1, -0.05) is 24.3 Å². The van der Waals surface area contributed by atoms with Crippen LogP contribution in [0.4, 0.5) is 19.1 Å². The van der Waals surface area contributed by atoms with Crippen LogP contribution >= 0.6 is 11.9 Å². The van der Waals surface area contributed by atoms with Crippen molar-refractivity contribution in [3.8, 4) is 16.9 Å². The lowest BCUT2D eigenvalue weighted by Gasteiger charge is -2.17. The Morgan fingerprint density at radius 1 is 0.914 bits per heavy atom. The second-order valence-electron chi connectivity index (χ2n) is 7.76. The van der Waals surface area contributed by atoms with Gasteiger partial charge < -0.3 is 4.74 Å². The Balaban J connectivity index is 0.000000165. The predicted molar refractivity (Wildman–Crippen MR) is 131 cm³/mol. The van der Waals surface area contributed by atoms with E-state index in [2.05, 4.69) is 37.9 Å². The number of aromatic nitrogens is 3. The number of alkyl halides is 3. The maximum atomic E-state index is 12.5. The molecule has 0 amide bonds. The number of benzene rings is 2. The first-order chi connectivity index (χ1) is 16.9. The van der Waals surface area contributed by atoms with Crippen molar-refractivity contribution in [3.05, 3.63) is 96.1 Å². The summed E-state index contributed by atoms with van der Waals surface area (Å²) in [6.45, 7) is 2.65. The van der Waals surface area contributed by atoms with E-state index in [0.717, 1.165) is 47.9 Å². The summed E-state index contributed by atoms with van der Waals surface area (Å²) in [5, 5.41) is 0. The lowest BCUT2D eigenvalue weighted by atomic mass is 10.0. The molecular weight excluding hydrogens is 473 g/mol. The standard InChI is InChI=1S/C13H10F3N.C13H13N3OS/c1-9-5-6-11(8-17-9)10-3-2-4-12(7-10)13(14,15)16;1-3-10-4-5-11(9-12(10)17-8-1)18-16-13-14-6-2-7-15-13/h2-8H,1H3;2,4-7,9H,1,3,8H2,(H,14,15,16). The van der Waals surface area contributed by atoms with Gasteiger partial charge in [0.25, 0.3) is 0 Å². The zero-order chi connectivity index (χ0) is 24.7. The first-order valence-corrected chi connectivity index (χ1v) is 11.8. The van der Waals surface area contributed by atoms with Crippen LogP contribution in [0.3, 0.4) is 0 Å². The summed E-state index contributed by atoms with van der Waals surface area (Å²) in [6, 6.07) is 16.8. The van der Waals surface area contributed by atoms with Crippen LogP contribution in [-0.2, 0) is 12.6 Å². The van der Waals surface area contributed by atoms with Gasteiger partial charge in [-0.2, -0.15) is 13.2 Å². The lowest BCUT2D eigenvalue weighted by molar-refractivity contribution is -0.137. The number of pyridine rings is 1. The number of halogens is 3. The van der Waals surface area contributed by atoms with E-state index < -0.39 is 11.7 Å². The molecule has 2 aromatic carbocycles. The van der Waals surface area contributed by atoms with Gasteiger partial charge >= 0.3 is 6.18 Å². The van der Waals surface area contributed by atoms with E-state index in [1.807, 2.05) is 6.92 Å². The van der Waals surface area contributed by atoms with Crippen molar-refractivity contribution < 1.29 is 17.9 Å². The number of hydrogen-bond donors (Lipinski definition) is 1. The molecule has 0 bridgehead atoms. The minimum atomic E-state index is -4.31. The Morgan fingerprint density at radius 3 is 2.49 bits per heavy atom. The SMILES string of the molecule is Cc1ccc(-c2cccc(C(F)(F)F)c2)cn1.c1cnc(NSc2ccc3c(c2)OCCC3)nc1. The van der Waals surface area contributed by atoms with Crippen molar-refractivity contribution in [3.63, 3.8) is 0 Å². The van der Waals surface area contributed by atoms with Crippen LogP contribution in [0.15, 0.2) is 84.1 Å². The molecule has 3 heterocycles. The zero-order valence-corrected chi connectivity index (χ0v) is 19.7. The molecule has 2 aromatic heterocycles. The fourth-order valence-corrected chi connectivity index (χ4v) is 3.97. The number of anilines is 1. The van der Waals surface area contributed by atoms with Gasteiger partial charge in [0.05, 0.1) is 12.2 Å². The molecule has 35 heavy (non-hydrogen) atoms. The molecule has 1 aliphatic rings. The largest absolute Gasteiger partial charge is 0.493 e. The Kier molecular flexibility index (Phi) is 7.87. The fraction of sp³-hybridized carbons (Fsp3) is 0.192. The molecular formula is C26H23F3N4OS. The van der Waals surface area contributed by atoms with E-state index in [4.69, 9.17) is 4.74 Å². The van der Waals surface area contributed by atoms with Crippen LogP contribution in [0.1, 0.15) is 23.2 Å². The van der Waals surface area contributed by atoms with Crippen LogP contribution in [0.25, 0.3) is 11.1 Å². The molecule has 0 unspecified atom stereocenters. The van der Waals surface area contributed by atoms with Crippen molar-refractivity contribution in [2.24, 2.45) is 0 Å². The van der Waals surface area contributed by atoms with E-state index in [0.29, 0.717) is 17.1 Å². The topological polar surface area (TPSA) is 59.9 Å². The second-order valence-corrected chi connectivity index (χ2v) is 8.64. The van der Waals surface area contributed by atoms with Crippen molar-refractivity contribution in [1.29, 1.82) is 0 Å². The molecule has 0 atom stereocenters. The molecule has 0 saturated heterocycles. The van der Waals surface area contributed by atoms with Crippen LogP contribution in [0.5, 0.6) is 5.75 Å². The zero-order valence-electron chi connectivity index (χ0n) is 18.9. The van der Waals surface area contributed by atoms with Gasteiger partial charge in [0, 0.05) is 34.7 Å². The van der Waals surface area contributed by atoms with Gasteiger partial charge in [0.15, 0.2) is 0 Å². The van der Waals surface area contributed by atoms with E-state index in [1.165, 1.54) is 23.6 Å². The molecule has 0 fully saturated rings. The summed E-state index contributed by atoms with van der Waals surface area (Å²) in [4.78, 5) is 13.4. The fourth-order valence-electron chi connectivity index (χ4n) is 3.35. The molecule has 1 aliphatic heterocycles. The summed E-state index contributed by atoms with van der Waals surface area (Å²) >= 11 is 1.49. The lowest BCUT2D eigenvalue weighted by Crippen LogP contribution is -2.08. The monoisotopic (exact) mass is 496 g/mol. The van der Waals surface area contributed by atoms with Gasteiger partial charge in [-0.15, -0.1) is 0 Å². The van der Waals surface area contributed by atoms with Crippen molar-refractivity contribution in [2.75, 3.05) is 11.3 Å². The Hall–Kier alpha value is -3.59. The van der Waals surface area contributed by atoms with Crippen molar-refractivity contribution in [2.45, 2.75) is 30.8 Å². The molecule has 0 aliphatic carbocycles. The van der Waals surface area contributed by atoms with E-state index in [1.54, 1.807) is 42.9 Å². The summed E-state index contributed by atoms with van der Waals surface area (Å²) in [5.41, 5.74) is 2.69. The first-order valence-electron chi connectivity index (χ1n) is 10.9. The Labute approximate surface area is 206 Å². The number of hydrogen-bond acceptors (Lipinski definition) is 6. The van der Waals surface area contributed by atoms with Crippen LogP contribution < -0.4 is 9.46 Å². The van der Waals surface area contributed by atoms with Gasteiger partial charge in [0.1, 0.15) is 5.75 Å². The van der Waals surface area contributed by atoms with Crippen LogP contribution in [-0.4, -0.2) is 21.6 Å². The van der Waals surface area contributed by atoms with Crippen molar-refractivity contribution in [1.82, 2.24) is 15.0 Å². The smallest absolute Gasteiger partial charge is 0.416 e. The highest BCUT2D eigenvalue weighted by Gasteiger charge is 2.30. The van der Waals surface area contributed by atoms with Gasteiger partial charge in [0.2, 0.25) is 5.95 Å². The number of aryl methyl sites for hydroxylation is 2. The molecule has 4 aromatic rings. The molecule has 180 valence electrons. The maximum absolute atomic E-state index is 12.5. The quantitative estimate of drug-likeness (QED) is 0.307. The number of rotatable bonds is 4. The van der Waals surface area contributed by atoms with E-state index in [-0.39, 0.29) is 0 Å². The number of ether oxygens (including phenoxy) is 1. The summed E-state index contributed by atoms with van der Waals surface area (Å²) < 4.78 is 46.3. The highest BCUT2D eigenvalue weighted by molar-refractivity contribution is 8.00. The van der Waals surface area contributed by atoms with E-state index in [9.17, 15) is 13.2 Å². The second kappa shape index (κ2) is 11.2. The van der Waals surface area contributed by atoms with E-state index >= 15 is 0 Å². The summed E-state index contributed by atoms with van der Waals surface area (Å²) in [6.07, 6.45) is 2.90. The molecule has 0 spiro atoms. The Morgan fingerprint density at radius 2 is 1.74 bits per heavy atom. The number of nitrogens with zero attached hydrogens (tertiary/aromatic N) is 3. The minimum absolute atomic E-state index is 0.521. The third-order valence-corrected chi connectivity index (χ3v) is 5.92. The van der Waals surface area contributed by atoms with Crippen molar-refractivity contribution >= 4 is 17.9 Å².